The zero-order valence-electron chi connectivity index (χ0n) is 12.6. The Balaban J connectivity index is 2.01. The number of fused-ring (bicyclic) bond motifs is 1. The van der Waals surface area contributed by atoms with Crippen molar-refractivity contribution in [2.75, 3.05) is 20.3 Å². The number of hydrogen-bond donors (Lipinski definition) is 2. The summed E-state index contributed by atoms with van der Waals surface area (Å²) in [6.45, 7) is 2.31. The Morgan fingerprint density at radius 3 is 3.00 bits per heavy atom. The third-order valence-corrected chi connectivity index (χ3v) is 4.58. The van der Waals surface area contributed by atoms with E-state index in [1.807, 2.05) is 13.0 Å². The number of nitrogens with zero attached hydrogens (tertiary/aromatic N) is 1. The van der Waals surface area contributed by atoms with E-state index in [1.54, 1.807) is 24.1 Å². The summed E-state index contributed by atoms with van der Waals surface area (Å²) in [4.78, 5) is 17.9. The van der Waals surface area contributed by atoms with Crippen LogP contribution in [0.3, 0.4) is 0 Å². The van der Waals surface area contributed by atoms with Crippen molar-refractivity contribution in [3.05, 3.63) is 34.5 Å². The van der Waals surface area contributed by atoms with Gasteiger partial charge in [-0.1, -0.05) is 11.6 Å². The fraction of sp³-hybridized carbons (Fsp3) is 0.438. The minimum Gasteiger partial charge on any atom is -0.394 e. The summed E-state index contributed by atoms with van der Waals surface area (Å²) in [5, 5.41) is 11.0. The lowest BCUT2D eigenvalue weighted by Crippen LogP contribution is -2.38. The van der Waals surface area contributed by atoms with Gasteiger partial charge < -0.3 is 19.7 Å². The Kier molecular flexibility index (Phi) is 4.12. The number of methoxy groups -OCH3 is 1. The number of carbonyl (C=O) groups excluding carboxylic acids is 1. The number of carbonyl (C=O) groups is 1. The van der Waals surface area contributed by atoms with E-state index in [0.717, 1.165) is 16.6 Å². The highest BCUT2D eigenvalue weighted by Crippen LogP contribution is 2.29. The first kappa shape index (κ1) is 15.3. The molecule has 0 bridgehead atoms. The van der Waals surface area contributed by atoms with Crippen molar-refractivity contribution in [3.63, 3.8) is 0 Å². The molecule has 6 heteroatoms. The molecule has 1 aromatic carbocycles. The average molecular weight is 323 g/mol. The van der Waals surface area contributed by atoms with E-state index >= 15 is 0 Å². The molecule has 1 aliphatic heterocycles. The number of hydrogen-bond acceptors (Lipinski definition) is 3. The van der Waals surface area contributed by atoms with Crippen LogP contribution in [-0.4, -0.2) is 53.3 Å². The van der Waals surface area contributed by atoms with Crippen LogP contribution in [0.1, 0.15) is 22.5 Å². The Morgan fingerprint density at radius 1 is 1.55 bits per heavy atom. The second-order valence-electron chi connectivity index (χ2n) is 5.70. The smallest absolute Gasteiger partial charge is 0.256 e. The second-order valence-corrected chi connectivity index (χ2v) is 6.14. The van der Waals surface area contributed by atoms with Crippen LogP contribution in [0.15, 0.2) is 18.2 Å². The number of aliphatic hydroxyl groups is 1. The minimum absolute atomic E-state index is 0.0322. The number of benzene rings is 1. The molecular weight excluding hydrogens is 304 g/mol. The van der Waals surface area contributed by atoms with Gasteiger partial charge in [0.25, 0.3) is 5.91 Å². The van der Waals surface area contributed by atoms with Gasteiger partial charge in [0, 0.05) is 35.3 Å². The molecule has 1 saturated heterocycles. The monoisotopic (exact) mass is 322 g/mol. The molecule has 22 heavy (non-hydrogen) atoms. The predicted octanol–water partition coefficient (Wildman–Crippen LogP) is 2.35. The van der Waals surface area contributed by atoms with Gasteiger partial charge in [0.1, 0.15) is 0 Å². The van der Waals surface area contributed by atoms with Gasteiger partial charge in [0.2, 0.25) is 0 Å². The van der Waals surface area contributed by atoms with Crippen molar-refractivity contribution in [3.8, 4) is 0 Å². The van der Waals surface area contributed by atoms with E-state index in [9.17, 15) is 9.90 Å². The Hall–Kier alpha value is -1.56. The topological polar surface area (TPSA) is 65.6 Å². The zero-order valence-corrected chi connectivity index (χ0v) is 13.4. The van der Waals surface area contributed by atoms with Gasteiger partial charge in [-0.15, -0.1) is 0 Å². The van der Waals surface area contributed by atoms with E-state index < -0.39 is 0 Å². The molecule has 2 aromatic rings. The number of aryl methyl sites for hydroxylation is 1. The zero-order chi connectivity index (χ0) is 15.9. The second kappa shape index (κ2) is 5.91. The first-order valence-corrected chi connectivity index (χ1v) is 7.65. The fourth-order valence-electron chi connectivity index (χ4n) is 3.18. The molecule has 2 heterocycles. The number of aromatic nitrogens is 1. The number of aliphatic hydroxyl groups excluding tert-OH is 1. The Labute approximate surface area is 133 Å². The maximum Gasteiger partial charge on any atom is 0.256 e. The maximum absolute atomic E-state index is 13.0. The summed E-state index contributed by atoms with van der Waals surface area (Å²) in [6.07, 6.45) is 0.621. The number of halogens is 1. The van der Waals surface area contributed by atoms with E-state index in [1.165, 1.54) is 0 Å². The van der Waals surface area contributed by atoms with Crippen LogP contribution in [0.4, 0.5) is 0 Å². The molecule has 0 radical (unpaired) electrons. The number of amides is 1. The van der Waals surface area contributed by atoms with E-state index in [-0.39, 0.29) is 24.7 Å². The molecule has 1 amide bonds. The van der Waals surface area contributed by atoms with Gasteiger partial charge in [-0.05, 0) is 31.5 Å². The summed E-state index contributed by atoms with van der Waals surface area (Å²) in [6, 6.07) is 5.25. The first-order chi connectivity index (χ1) is 10.5. The maximum atomic E-state index is 13.0. The molecule has 118 valence electrons. The molecule has 0 aliphatic carbocycles. The van der Waals surface area contributed by atoms with Crippen molar-refractivity contribution < 1.29 is 14.6 Å². The van der Waals surface area contributed by atoms with Crippen LogP contribution in [-0.2, 0) is 4.74 Å². The first-order valence-electron chi connectivity index (χ1n) is 7.27. The predicted molar refractivity (Wildman–Crippen MR) is 85.4 cm³/mol. The lowest BCUT2D eigenvalue weighted by molar-refractivity contribution is 0.0649. The van der Waals surface area contributed by atoms with Crippen molar-refractivity contribution in [1.29, 1.82) is 0 Å². The fourth-order valence-corrected chi connectivity index (χ4v) is 3.36. The molecule has 5 nitrogen and oxygen atoms in total. The largest absolute Gasteiger partial charge is 0.394 e. The third kappa shape index (κ3) is 2.49. The van der Waals surface area contributed by atoms with E-state index in [4.69, 9.17) is 16.3 Å². The normalized spacial score (nSPS) is 21.7. The van der Waals surface area contributed by atoms with Crippen LogP contribution in [0.2, 0.25) is 5.02 Å². The van der Waals surface area contributed by atoms with Gasteiger partial charge in [-0.2, -0.15) is 0 Å². The van der Waals surface area contributed by atoms with E-state index in [0.29, 0.717) is 23.6 Å². The van der Waals surface area contributed by atoms with Crippen LogP contribution in [0.25, 0.3) is 10.9 Å². The standard InChI is InChI=1S/C16H19ClN2O3/c1-9-15(13-5-10(17)3-4-14(13)18-9)16(21)19-7-12(22-2)6-11(19)8-20/h3-5,11-12,18,20H,6-8H2,1-2H3/t11-,12+/m0/s1. The lowest BCUT2D eigenvalue weighted by Gasteiger charge is -2.23. The summed E-state index contributed by atoms with van der Waals surface area (Å²) in [7, 11) is 1.63. The highest BCUT2D eigenvalue weighted by atomic mass is 35.5. The molecule has 0 spiro atoms. The SMILES string of the molecule is CO[C@@H]1C[C@@H](CO)N(C(=O)c2c(C)[nH]c3ccc(Cl)cc23)C1. The summed E-state index contributed by atoms with van der Waals surface area (Å²) >= 11 is 6.07. The Morgan fingerprint density at radius 2 is 2.32 bits per heavy atom. The number of aromatic amines is 1. The summed E-state index contributed by atoms with van der Waals surface area (Å²) in [5.74, 6) is -0.0929. The van der Waals surface area contributed by atoms with Gasteiger partial charge >= 0.3 is 0 Å². The van der Waals surface area contributed by atoms with Gasteiger partial charge in [-0.25, -0.2) is 0 Å². The molecule has 2 atom stereocenters. The highest BCUT2D eigenvalue weighted by molar-refractivity contribution is 6.31. The number of ether oxygens (including phenoxy) is 1. The van der Waals surface area contributed by atoms with Crippen LogP contribution in [0.5, 0.6) is 0 Å². The van der Waals surface area contributed by atoms with Crippen LogP contribution >= 0.6 is 11.6 Å². The van der Waals surface area contributed by atoms with Crippen molar-refractivity contribution in [2.45, 2.75) is 25.5 Å². The summed E-state index contributed by atoms with van der Waals surface area (Å²) in [5.41, 5.74) is 2.31. The Bertz CT molecular complexity index is 713. The van der Waals surface area contributed by atoms with Gasteiger partial charge in [0.15, 0.2) is 0 Å². The van der Waals surface area contributed by atoms with Crippen molar-refractivity contribution >= 4 is 28.4 Å². The number of likely N-dealkylation sites (tertiary alicyclic amines) is 1. The van der Waals surface area contributed by atoms with Crippen LogP contribution < -0.4 is 0 Å². The van der Waals surface area contributed by atoms with Crippen molar-refractivity contribution in [1.82, 2.24) is 9.88 Å². The third-order valence-electron chi connectivity index (χ3n) is 4.34. The summed E-state index contributed by atoms with van der Waals surface area (Å²) < 4.78 is 5.34. The van der Waals surface area contributed by atoms with Gasteiger partial charge in [-0.3, -0.25) is 4.79 Å². The molecule has 1 fully saturated rings. The average Bonchev–Trinajstić information content (AvgIpc) is 3.06. The molecule has 0 unspecified atom stereocenters. The highest BCUT2D eigenvalue weighted by Gasteiger charge is 2.36. The number of rotatable bonds is 3. The van der Waals surface area contributed by atoms with E-state index in [2.05, 4.69) is 4.98 Å². The number of H-pyrrole nitrogens is 1. The molecule has 1 aromatic heterocycles. The quantitative estimate of drug-likeness (QED) is 0.911. The van der Waals surface area contributed by atoms with Gasteiger partial charge in [0.05, 0.1) is 24.3 Å². The molecule has 2 N–H and O–H groups in total. The molecule has 3 rings (SSSR count). The lowest BCUT2D eigenvalue weighted by atomic mass is 10.1. The van der Waals surface area contributed by atoms with Crippen LogP contribution in [0, 0.1) is 6.92 Å². The molecule has 1 aliphatic rings. The molecular formula is C16H19ClN2O3. The minimum atomic E-state index is -0.207. The van der Waals surface area contributed by atoms with Crippen molar-refractivity contribution in [2.24, 2.45) is 0 Å². The molecule has 0 saturated carbocycles. The number of nitrogens with one attached hydrogen (secondary N) is 1.